The molecule has 0 aliphatic heterocycles. The molecule has 0 aliphatic rings. The van der Waals surface area contributed by atoms with E-state index >= 15 is 0 Å². The number of urea groups is 1. The smallest absolute Gasteiger partial charge is 0.469 e. The number of nitrogens with one attached hydrogen (secondary N) is 2. The third kappa shape index (κ3) is 6.89. The van der Waals surface area contributed by atoms with E-state index in [2.05, 4.69) is 20.1 Å². The van der Waals surface area contributed by atoms with Crippen LogP contribution >= 0.6 is 0 Å². The van der Waals surface area contributed by atoms with E-state index in [-0.39, 0.29) is 6.42 Å². The van der Waals surface area contributed by atoms with Crippen molar-refractivity contribution in [3.05, 3.63) is 60.2 Å². The molecule has 0 heterocycles. The van der Waals surface area contributed by atoms with Gasteiger partial charge < -0.3 is 20.1 Å². The van der Waals surface area contributed by atoms with Gasteiger partial charge >= 0.3 is 18.4 Å². The van der Waals surface area contributed by atoms with Crippen LogP contribution in [-0.4, -0.2) is 25.5 Å². The zero-order valence-electron chi connectivity index (χ0n) is 14.2. The quantitative estimate of drug-likeness (QED) is 0.740. The highest BCUT2D eigenvalue weighted by Crippen LogP contribution is 2.25. The second-order valence-electron chi connectivity index (χ2n) is 5.41. The van der Waals surface area contributed by atoms with Gasteiger partial charge in [0.1, 0.15) is 5.75 Å². The fraction of sp³-hybridized carbons (Fsp3) is 0.222. The molecule has 0 unspecified atom stereocenters. The molecule has 2 N–H and O–H groups in total. The number of alkyl halides is 3. The van der Waals surface area contributed by atoms with Crippen molar-refractivity contribution in [1.29, 1.82) is 0 Å². The van der Waals surface area contributed by atoms with Gasteiger partial charge in [0.15, 0.2) is 0 Å². The molecule has 2 rings (SSSR count). The lowest BCUT2D eigenvalue weighted by molar-refractivity contribution is -0.274. The summed E-state index contributed by atoms with van der Waals surface area (Å²) in [4.78, 5) is 23.8. The number of rotatable bonds is 6. The Labute approximate surface area is 153 Å². The molecule has 2 aromatic carbocycles. The van der Waals surface area contributed by atoms with Crippen molar-refractivity contribution in [3.8, 4) is 5.75 Å². The number of ether oxygens (including phenoxy) is 2. The second kappa shape index (κ2) is 8.93. The molecule has 2 amide bonds. The molecule has 0 aromatic heterocycles. The van der Waals surface area contributed by atoms with Gasteiger partial charge in [0, 0.05) is 5.69 Å². The van der Waals surface area contributed by atoms with E-state index in [1.807, 2.05) is 0 Å². The van der Waals surface area contributed by atoms with E-state index in [1.165, 1.54) is 19.2 Å². The monoisotopic (exact) mass is 382 g/mol. The topological polar surface area (TPSA) is 76.7 Å². The lowest BCUT2D eigenvalue weighted by atomic mass is 10.0. The number of hydrogen-bond acceptors (Lipinski definition) is 4. The first kappa shape index (κ1) is 20.1. The molecule has 144 valence electrons. The number of para-hydroxylation sites is 1. The van der Waals surface area contributed by atoms with Crippen LogP contribution in [0.5, 0.6) is 5.75 Å². The van der Waals surface area contributed by atoms with Crippen molar-refractivity contribution >= 4 is 17.7 Å². The summed E-state index contributed by atoms with van der Waals surface area (Å²) >= 11 is 0. The third-order valence-electron chi connectivity index (χ3n) is 3.45. The van der Waals surface area contributed by atoms with Crippen molar-refractivity contribution in [2.75, 3.05) is 12.4 Å². The van der Waals surface area contributed by atoms with Gasteiger partial charge in [-0.3, -0.25) is 4.79 Å². The van der Waals surface area contributed by atoms with Crippen molar-refractivity contribution in [2.45, 2.75) is 18.8 Å². The molecule has 0 spiro atoms. The van der Waals surface area contributed by atoms with Crippen LogP contribution in [0.1, 0.15) is 18.0 Å². The molecular weight excluding hydrogens is 365 g/mol. The van der Waals surface area contributed by atoms with E-state index in [0.717, 1.165) is 12.1 Å². The van der Waals surface area contributed by atoms with E-state index in [4.69, 9.17) is 0 Å². The fourth-order valence-electron chi connectivity index (χ4n) is 2.25. The van der Waals surface area contributed by atoms with Gasteiger partial charge in [-0.1, -0.05) is 30.3 Å². The summed E-state index contributed by atoms with van der Waals surface area (Å²) in [6.45, 7) is 0. The minimum Gasteiger partial charge on any atom is -0.469 e. The summed E-state index contributed by atoms with van der Waals surface area (Å²) < 4.78 is 45.2. The predicted molar refractivity (Wildman–Crippen MR) is 91.1 cm³/mol. The Hall–Kier alpha value is -3.23. The number of esters is 1. The van der Waals surface area contributed by atoms with Gasteiger partial charge in [0.2, 0.25) is 0 Å². The standard InChI is InChI=1S/C18H17F3N2O4/c1-26-16(24)11-15(23-17(25)22-13-5-3-2-4-6-13)12-7-9-14(10-8-12)27-18(19,20)21/h2-10,15H,11H2,1H3,(H2,22,23,25)/t15-/m1/s1. The van der Waals surface area contributed by atoms with Crippen molar-refractivity contribution in [1.82, 2.24) is 5.32 Å². The number of hydrogen-bond donors (Lipinski definition) is 2. The molecule has 0 aliphatic carbocycles. The summed E-state index contributed by atoms with van der Waals surface area (Å²) in [5, 5.41) is 5.20. The average Bonchev–Trinajstić information content (AvgIpc) is 2.61. The molecule has 0 bridgehead atoms. The van der Waals surface area contributed by atoms with Gasteiger partial charge in [0.25, 0.3) is 0 Å². The van der Waals surface area contributed by atoms with Crippen LogP contribution in [0.4, 0.5) is 23.7 Å². The van der Waals surface area contributed by atoms with E-state index < -0.39 is 30.2 Å². The van der Waals surface area contributed by atoms with Crippen LogP contribution in [0, 0.1) is 0 Å². The number of amides is 2. The summed E-state index contributed by atoms with van der Waals surface area (Å²) in [7, 11) is 1.20. The van der Waals surface area contributed by atoms with Gasteiger partial charge in [-0.15, -0.1) is 13.2 Å². The molecule has 6 nitrogen and oxygen atoms in total. The summed E-state index contributed by atoms with van der Waals surface area (Å²) in [6.07, 6.45) is -5.00. The van der Waals surface area contributed by atoms with Gasteiger partial charge in [0.05, 0.1) is 19.6 Å². The van der Waals surface area contributed by atoms with Gasteiger partial charge in [-0.05, 0) is 29.8 Å². The maximum absolute atomic E-state index is 12.2. The first-order valence-electron chi connectivity index (χ1n) is 7.82. The Bertz CT molecular complexity index is 764. The molecule has 0 fully saturated rings. The molecule has 9 heteroatoms. The van der Waals surface area contributed by atoms with Crippen molar-refractivity contribution in [3.63, 3.8) is 0 Å². The fourth-order valence-corrected chi connectivity index (χ4v) is 2.25. The SMILES string of the molecule is COC(=O)C[C@@H](NC(=O)Nc1ccccc1)c1ccc(OC(F)(F)F)cc1. The zero-order chi connectivity index (χ0) is 19.9. The Morgan fingerprint density at radius 3 is 2.22 bits per heavy atom. The highest BCUT2D eigenvalue weighted by atomic mass is 19.4. The molecule has 27 heavy (non-hydrogen) atoms. The Kier molecular flexibility index (Phi) is 6.64. The first-order valence-corrected chi connectivity index (χ1v) is 7.82. The molecule has 0 radical (unpaired) electrons. The second-order valence-corrected chi connectivity index (χ2v) is 5.41. The van der Waals surface area contributed by atoms with Crippen LogP contribution in [0.15, 0.2) is 54.6 Å². The molecule has 2 aromatic rings. The van der Waals surface area contributed by atoms with E-state index in [1.54, 1.807) is 30.3 Å². The van der Waals surface area contributed by atoms with Crippen LogP contribution in [0.2, 0.25) is 0 Å². The summed E-state index contributed by atoms with van der Waals surface area (Å²) in [6, 6.07) is 12.1. The number of benzene rings is 2. The van der Waals surface area contributed by atoms with Crippen molar-refractivity contribution in [2.24, 2.45) is 0 Å². The lowest BCUT2D eigenvalue weighted by Gasteiger charge is -2.19. The largest absolute Gasteiger partial charge is 0.573 e. The summed E-state index contributed by atoms with van der Waals surface area (Å²) in [5.41, 5.74) is 0.957. The Morgan fingerprint density at radius 2 is 1.67 bits per heavy atom. The molecule has 0 saturated carbocycles. The molecule has 0 saturated heterocycles. The zero-order valence-corrected chi connectivity index (χ0v) is 14.2. The number of anilines is 1. The van der Waals surface area contributed by atoms with E-state index in [9.17, 15) is 22.8 Å². The van der Waals surface area contributed by atoms with E-state index in [0.29, 0.717) is 11.3 Å². The maximum Gasteiger partial charge on any atom is 0.573 e. The average molecular weight is 382 g/mol. The highest BCUT2D eigenvalue weighted by molar-refractivity contribution is 5.89. The highest BCUT2D eigenvalue weighted by Gasteiger charge is 2.31. The van der Waals surface area contributed by atoms with Crippen LogP contribution in [0.3, 0.4) is 0 Å². The maximum atomic E-state index is 12.2. The molecule has 1 atom stereocenters. The van der Waals surface area contributed by atoms with Gasteiger partial charge in [-0.25, -0.2) is 4.79 Å². The summed E-state index contributed by atoms with van der Waals surface area (Å²) in [5.74, 6) is -0.993. The first-order chi connectivity index (χ1) is 12.8. The number of carbonyl (C=O) groups excluding carboxylic acids is 2. The van der Waals surface area contributed by atoms with Crippen molar-refractivity contribution < 1.29 is 32.2 Å². The predicted octanol–water partition coefficient (Wildman–Crippen LogP) is 4.01. The Balaban J connectivity index is 2.11. The van der Waals surface area contributed by atoms with Crippen LogP contribution in [-0.2, 0) is 9.53 Å². The Morgan fingerprint density at radius 1 is 1.04 bits per heavy atom. The normalized spacial score (nSPS) is 12.0. The minimum atomic E-state index is -4.80. The van der Waals surface area contributed by atoms with Gasteiger partial charge in [-0.2, -0.15) is 0 Å². The third-order valence-corrected chi connectivity index (χ3v) is 3.45. The number of halogens is 3. The van der Waals surface area contributed by atoms with Crippen LogP contribution < -0.4 is 15.4 Å². The lowest BCUT2D eigenvalue weighted by Crippen LogP contribution is -2.34. The minimum absolute atomic E-state index is 0.196. The molecular formula is C18H17F3N2O4. The number of methoxy groups -OCH3 is 1. The number of carbonyl (C=O) groups is 2. The van der Waals surface area contributed by atoms with Crippen LogP contribution in [0.25, 0.3) is 0 Å².